The lowest BCUT2D eigenvalue weighted by Crippen LogP contribution is -2.18. The molecule has 0 spiro atoms. The van der Waals surface area contributed by atoms with Crippen molar-refractivity contribution in [1.29, 1.82) is 0 Å². The Hall–Kier alpha value is -3.21. The number of carbonyl (C=O) groups excluding carboxylic acids is 1. The zero-order chi connectivity index (χ0) is 17.2. The van der Waals surface area contributed by atoms with Crippen molar-refractivity contribution in [2.24, 2.45) is 0 Å². The second kappa shape index (κ2) is 6.36. The van der Waals surface area contributed by atoms with Gasteiger partial charge in [0.15, 0.2) is 5.82 Å². The standard InChI is InChI=1S/C20H18N4O/c1-14-5-4-7-16(11-14)23-20(25)17-12-22-19(13-21-17)24-10-9-15-6-2-3-8-18(15)24/h2-8,11-13H,9-10H2,1H3,(H,23,25). The molecule has 0 saturated carbocycles. The summed E-state index contributed by atoms with van der Waals surface area (Å²) in [5.41, 5.74) is 4.62. The molecule has 0 saturated heterocycles. The highest BCUT2D eigenvalue weighted by molar-refractivity contribution is 6.02. The minimum Gasteiger partial charge on any atom is -0.325 e. The van der Waals surface area contributed by atoms with Crippen LogP contribution < -0.4 is 10.2 Å². The van der Waals surface area contributed by atoms with Crippen molar-refractivity contribution in [1.82, 2.24) is 9.97 Å². The van der Waals surface area contributed by atoms with E-state index in [1.54, 1.807) is 6.20 Å². The molecule has 1 aliphatic heterocycles. The predicted octanol–water partition coefficient (Wildman–Crippen LogP) is 3.73. The topological polar surface area (TPSA) is 58.1 Å². The number of benzene rings is 2. The molecular formula is C20H18N4O. The Morgan fingerprint density at radius 1 is 1.08 bits per heavy atom. The predicted molar refractivity (Wildman–Crippen MR) is 98.3 cm³/mol. The average molecular weight is 330 g/mol. The number of anilines is 3. The lowest BCUT2D eigenvalue weighted by atomic mass is 10.2. The van der Waals surface area contributed by atoms with Gasteiger partial charge in [-0.05, 0) is 42.7 Å². The lowest BCUT2D eigenvalue weighted by Gasteiger charge is -2.17. The van der Waals surface area contributed by atoms with E-state index in [1.807, 2.05) is 43.3 Å². The summed E-state index contributed by atoms with van der Waals surface area (Å²) in [7, 11) is 0. The van der Waals surface area contributed by atoms with E-state index >= 15 is 0 Å². The van der Waals surface area contributed by atoms with Crippen molar-refractivity contribution in [3.05, 3.63) is 77.7 Å². The Kier molecular flexibility index (Phi) is 3.90. The summed E-state index contributed by atoms with van der Waals surface area (Å²) in [6.07, 6.45) is 4.18. The van der Waals surface area contributed by atoms with Crippen molar-refractivity contribution >= 4 is 23.1 Å². The summed E-state index contributed by atoms with van der Waals surface area (Å²) in [6, 6.07) is 16.0. The molecule has 3 aromatic rings. The van der Waals surface area contributed by atoms with Crippen molar-refractivity contribution < 1.29 is 4.79 Å². The van der Waals surface area contributed by atoms with Crippen LogP contribution in [0.15, 0.2) is 60.9 Å². The van der Waals surface area contributed by atoms with Crippen LogP contribution in [-0.4, -0.2) is 22.4 Å². The first-order valence-corrected chi connectivity index (χ1v) is 8.26. The second-order valence-electron chi connectivity index (χ2n) is 6.11. The van der Waals surface area contributed by atoms with Crippen LogP contribution in [0, 0.1) is 6.92 Å². The minimum atomic E-state index is -0.258. The van der Waals surface area contributed by atoms with Crippen LogP contribution >= 0.6 is 0 Å². The van der Waals surface area contributed by atoms with E-state index in [0.717, 1.165) is 35.7 Å². The molecule has 4 rings (SSSR count). The normalized spacial score (nSPS) is 12.8. The van der Waals surface area contributed by atoms with Crippen molar-refractivity contribution in [3.63, 3.8) is 0 Å². The van der Waals surface area contributed by atoms with Gasteiger partial charge in [0, 0.05) is 17.9 Å². The monoisotopic (exact) mass is 330 g/mol. The van der Waals surface area contributed by atoms with E-state index in [0.29, 0.717) is 5.69 Å². The molecule has 0 atom stereocenters. The molecular weight excluding hydrogens is 312 g/mol. The Morgan fingerprint density at radius 3 is 2.76 bits per heavy atom. The number of hydrogen-bond acceptors (Lipinski definition) is 4. The maximum atomic E-state index is 12.3. The van der Waals surface area contributed by atoms with Crippen molar-refractivity contribution in [3.8, 4) is 0 Å². The van der Waals surface area contributed by atoms with Crippen molar-refractivity contribution in [2.45, 2.75) is 13.3 Å². The molecule has 124 valence electrons. The quantitative estimate of drug-likeness (QED) is 0.795. The van der Waals surface area contributed by atoms with Crippen LogP contribution in [0.1, 0.15) is 21.6 Å². The molecule has 25 heavy (non-hydrogen) atoms. The molecule has 1 aliphatic rings. The van der Waals surface area contributed by atoms with Crippen LogP contribution in [0.3, 0.4) is 0 Å². The zero-order valence-electron chi connectivity index (χ0n) is 13.9. The fraction of sp³-hybridized carbons (Fsp3) is 0.150. The van der Waals surface area contributed by atoms with E-state index in [2.05, 4.69) is 32.3 Å². The van der Waals surface area contributed by atoms with Gasteiger partial charge in [0.25, 0.3) is 5.91 Å². The third-order valence-electron chi connectivity index (χ3n) is 4.31. The molecule has 1 aromatic heterocycles. The van der Waals surface area contributed by atoms with E-state index in [1.165, 1.54) is 11.8 Å². The van der Waals surface area contributed by atoms with Crippen LogP contribution in [0.4, 0.5) is 17.2 Å². The largest absolute Gasteiger partial charge is 0.325 e. The molecule has 2 heterocycles. The Bertz CT molecular complexity index is 921. The van der Waals surface area contributed by atoms with Gasteiger partial charge in [-0.1, -0.05) is 30.3 Å². The first-order chi connectivity index (χ1) is 12.2. The highest BCUT2D eigenvalue weighted by atomic mass is 16.1. The molecule has 1 N–H and O–H groups in total. The first-order valence-electron chi connectivity index (χ1n) is 8.26. The highest BCUT2D eigenvalue weighted by Gasteiger charge is 2.21. The minimum absolute atomic E-state index is 0.258. The van der Waals surface area contributed by atoms with Crippen LogP contribution in [0.25, 0.3) is 0 Å². The molecule has 0 fully saturated rings. The fourth-order valence-electron chi connectivity index (χ4n) is 3.07. The summed E-state index contributed by atoms with van der Waals surface area (Å²) in [5, 5.41) is 2.85. The molecule has 1 amide bonds. The van der Waals surface area contributed by atoms with Gasteiger partial charge in [0.05, 0.1) is 12.4 Å². The van der Waals surface area contributed by atoms with Gasteiger partial charge >= 0.3 is 0 Å². The number of para-hydroxylation sites is 1. The smallest absolute Gasteiger partial charge is 0.275 e. The number of carbonyl (C=O) groups is 1. The molecule has 0 radical (unpaired) electrons. The molecule has 0 bridgehead atoms. The first kappa shape index (κ1) is 15.3. The fourth-order valence-corrected chi connectivity index (χ4v) is 3.07. The second-order valence-corrected chi connectivity index (χ2v) is 6.11. The van der Waals surface area contributed by atoms with Gasteiger partial charge < -0.3 is 10.2 Å². The average Bonchev–Trinajstić information content (AvgIpc) is 3.06. The van der Waals surface area contributed by atoms with Gasteiger partial charge in [-0.3, -0.25) is 4.79 Å². The molecule has 0 aliphatic carbocycles. The Labute approximate surface area is 146 Å². The maximum absolute atomic E-state index is 12.3. The third-order valence-corrected chi connectivity index (χ3v) is 4.31. The zero-order valence-corrected chi connectivity index (χ0v) is 13.9. The summed E-state index contributed by atoms with van der Waals surface area (Å²) in [6.45, 7) is 2.86. The number of nitrogens with zero attached hydrogens (tertiary/aromatic N) is 3. The lowest BCUT2D eigenvalue weighted by molar-refractivity contribution is 0.102. The number of aryl methyl sites for hydroxylation is 1. The van der Waals surface area contributed by atoms with Crippen LogP contribution in [0.5, 0.6) is 0 Å². The van der Waals surface area contributed by atoms with E-state index in [-0.39, 0.29) is 5.91 Å². The molecule has 5 nitrogen and oxygen atoms in total. The molecule has 2 aromatic carbocycles. The number of rotatable bonds is 3. The van der Waals surface area contributed by atoms with Gasteiger partial charge in [-0.25, -0.2) is 9.97 Å². The summed E-state index contributed by atoms with van der Waals surface area (Å²) < 4.78 is 0. The summed E-state index contributed by atoms with van der Waals surface area (Å²) in [5.74, 6) is 0.503. The van der Waals surface area contributed by atoms with E-state index in [4.69, 9.17) is 0 Å². The molecule has 5 heteroatoms. The van der Waals surface area contributed by atoms with Gasteiger partial charge in [0.2, 0.25) is 0 Å². The van der Waals surface area contributed by atoms with Crippen molar-refractivity contribution in [2.75, 3.05) is 16.8 Å². The maximum Gasteiger partial charge on any atom is 0.275 e. The van der Waals surface area contributed by atoms with Gasteiger partial charge in [-0.2, -0.15) is 0 Å². The van der Waals surface area contributed by atoms with Crippen LogP contribution in [0.2, 0.25) is 0 Å². The van der Waals surface area contributed by atoms with Gasteiger partial charge in [0.1, 0.15) is 5.69 Å². The summed E-state index contributed by atoms with van der Waals surface area (Å²) >= 11 is 0. The molecule has 0 unspecified atom stereocenters. The number of fused-ring (bicyclic) bond motifs is 1. The van der Waals surface area contributed by atoms with E-state index in [9.17, 15) is 4.79 Å². The van der Waals surface area contributed by atoms with E-state index < -0.39 is 0 Å². The number of aromatic nitrogens is 2. The van der Waals surface area contributed by atoms with Crippen LogP contribution in [-0.2, 0) is 6.42 Å². The Morgan fingerprint density at radius 2 is 1.96 bits per heavy atom. The number of amides is 1. The highest BCUT2D eigenvalue weighted by Crippen LogP contribution is 2.32. The number of nitrogens with one attached hydrogen (secondary N) is 1. The van der Waals surface area contributed by atoms with Gasteiger partial charge in [-0.15, -0.1) is 0 Å². The Balaban J connectivity index is 1.52. The SMILES string of the molecule is Cc1cccc(NC(=O)c2cnc(N3CCc4ccccc43)cn2)c1. The third kappa shape index (κ3) is 3.08. The summed E-state index contributed by atoms with van der Waals surface area (Å²) in [4.78, 5) is 23.2. The number of hydrogen-bond donors (Lipinski definition) is 1.